The standard InChI is InChI=1S/C49H77N11O16S/c1-24(2)20-32(57-42(68)30(14-18-38(63)64)53-46(72)33(22-27-10-8-7-9-11-27)56-41(67)28(50)12-16-36(51)61)45(71)54-31(15-19-39(65)66)44(70)60-40(26(5)6)48(74)59-35(23-77)47(73)55-29(13-17-37(52)62)43(69)58-34(49(75)76)21-25(3)4/h7-11,24-26,28-35,40,77H,12-23,50H2,1-6H3,(H2,51,61)(H2,52,62)(H,53,72)(H,54,71)(H,55,73)(H,56,67)(H,57,68)(H,58,69)(H,59,74)(H,60,70)(H,63,64)(H,65,66)(H,75,76)/t28-,29-,30-,31-,32-,33-,34-,35-,40-/m0/s1. The fourth-order valence-corrected chi connectivity index (χ4v) is 7.65. The second-order valence-corrected chi connectivity index (χ2v) is 20.0. The second-order valence-electron chi connectivity index (χ2n) is 19.6. The van der Waals surface area contributed by atoms with E-state index in [0.29, 0.717) is 5.56 Å². The maximum atomic E-state index is 14.1. The van der Waals surface area contributed by atoms with Crippen LogP contribution in [0.25, 0.3) is 0 Å². The maximum Gasteiger partial charge on any atom is 0.326 e. The molecule has 0 unspecified atom stereocenters. The average molecular weight is 1110 g/mol. The number of carbonyl (C=O) groups is 13. The van der Waals surface area contributed by atoms with Crippen LogP contribution in [0, 0.1) is 17.8 Å². The number of hydrogen-bond donors (Lipinski definition) is 15. The summed E-state index contributed by atoms with van der Waals surface area (Å²) < 4.78 is 0. The molecule has 77 heavy (non-hydrogen) atoms. The van der Waals surface area contributed by atoms with Crippen molar-refractivity contribution < 1.29 is 77.6 Å². The summed E-state index contributed by atoms with van der Waals surface area (Å²) in [6.45, 7) is 9.83. The highest BCUT2D eigenvalue weighted by Gasteiger charge is 2.36. The molecule has 0 saturated carbocycles. The van der Waals surface area contributed by atoms with E-state index in [2.05, 4.69) is 55.2 Å². The molecule has 10 amide bonds. The van der Waals surface area contributed by atoms with Crippen LogP contribution in [-0.2, 0) is 68.7 Å². The van der Waals surface area contributed by atoms with Gasteiger partial charge in [0.05, 0.1) is 6.04 Å². The quantitative estimate of drug-likeness (QED) is 0.0305. The SMILES string of the molecule is CC(C)C[C@H](NC(=O)[C@H](CCC(N)=O)NC(=O)[C@H](CS)NC(=O)[C@@H](NC(=O)[C@H](CCC(=O)O)NC(=O)[C@H](CC(C)C)NC(=O)[C@H](CCC(=O)O)NC(=O)[C@H](Cc1ccccc1)NC(=O)[C@@H](N)CCC(N)=O)C(C)C)C(=O)O. The third-order valence-corrected chi connectivity index (χ3v) is 11.9. The molecule has 0 bridgehead atoms. The number of carboxylic acid groups (broad SMARTS) is 3. The number of rotatable bonds is 37. The average Bonchev–Trinajstić information content (AvgIpc) is 3.33. The second kappa shape index (κ2) is 34.3. The number of aliphatic carboxylic acids is 3. The molecule has 0 aromatic heterocycles. The monoisotopic (exact) mass is 1110 g/mol. The molecule has 0 spiro atoms. The first kappa shape index (κ1) is 67.7. The predicted molar refractivity (Wildman–Crippen MR) is 279 cm³/mol. The number of primary amides is 2. The summed E-state index contributed by atoms with van der Waals surface area (Å²) in [6, 6.07) is -4.97. The van der Waals surface area contributed by atoms with Gasteiger partial charge in [0, 0.05) is 37.9 Å². The van der Waals surface area contributed by atoms with Crippen LogP contribution >= 0.6 is 12.6 Å². The van der Waals surface area contributed by atoms with Crippen molar-refractivity contribution in [3.8, 4) is 0 Å². The Bertz CT molecular complexity index is 2240. The van der Waals surface area contributed by atoms with Gasteiger partial charge in [0.15, 0.2) is 0 Å². The van der Waals surface area contributed by atoms with Crippen LogP contribution in [0.2, 0.25) is 0 Å². The number of benzene rings is 1. The lowest BCUT2D eigenvalue weighted by molar-refractivity contribution is -0.143. The smallest absolute Gasteiger partial charge is 0.326 e. The molecule has 27 nitrogen and oxygen atoms in total. The summed E-state index contributed by atoms with van der Waals surface area (Å²) >= 11 is 4.16. The van der Waals surface area contributed by atoms with Gasteiger partial charge in [-0.05, 0) is 61.8 Å². The third kappa shape index (κ3) is 26.8. The van der Waals surface area contributed by atoms with Gasteiger partial charge in [0.25, 0.3) is 0 Å². The van der Waals surface area contributed by atoms with E-state index in [4.69, 9.17) is 17.2 Å². The summed E-state index contributed by atoms with van der Waals surface area (Å²) in [5, 5.41) is 48.3. The van der Waals surface area contributed by atoms with E-state index in [9.17, 15) is 77.6 Å². The van der Waals surface area contributed by atoms with Gasteiger partial charge in [-0.15, -0.1) is 0 Å². The van der Waals surface area contributed by atoms with Crippen molar-refractivity contribution in [1.82, 2.24) is 42.5 Å². The Morgan fingerprint density at radius 2 is 0.818 bits per heavy atom. The molecular weight excluding hydrogens is 1030 g/mol. The van der Waals surface area contributed by atoms with Gasteiger partial charge in [-0.2, -0.15) is 12.6 Å². The van der Waals surface area contributed by atoms with Gasteiger partial charge in [-0.1, -0.05) is 71.9 Å². The zero-order valence-corrected chi connectivity index (χ0v) is 45.0. The summed E-state index contributed by atoms with van der Waals surface area (Å²) in [6.07, 6.45) is -3.75. The topological polar surface area (TPSA) is 457 Å². The molecule has 28 heteroatoms. The number of nitrogens with one attached hydrogen (secondary N) is 8. The number of amides is 10. The van der Waals surface area contributed by atoms with Gasteiger partial charge in [-0.25, -0.2) is 4.79 Å². The highest BCUT2D eigenvalue weighted by Crippen LogP contribution is 2.13. The van der Waals surface area contributed by atoms with Crippen molar-refractivity contribution in [2.75, 3.05) is 5.75 Å². The minimum absolute atomic E-state index is 0.0323. The van der Waals surface area contributed by atoms with E-state index in [1.165, 1.54) is 13.8 Å². The van der Waals surface area contributed by atoms with E-state index < -0.39 is 169 Å². The van der Waals surface area contributed by atoms with E-state index in [1.807, 2.05) is 0 Å². The largest absolute Gasteiger partial charge is 0.481 e. The summed E-state index contributed by atoms with van der Waals surface area (Å²) in [7, 11) is 0. The lowest BCUT2D eigenvalue weighted by atomic mass is 9.99. The minimum atomic E-state index is -1.68. The molecule has 0 radical (unpaired) electrons. The van der Waals surface area contributed by atoms with Gasteiger partial charge in [0.1, 0.15) is 48.3 Å². The van der Waals surface area contributed by atoms with Crippen molar-refractivity contribution >= 4 is 89.6 Å². The first-order valence-corrected chi connectivity index (χ1v) is 25.6. The lowest BCUT2D eigenvalue weighted by Crippen LogP contribution is -2.61. The number of nitrogens with two attached hydrogens (primary N) is 3. The van der Waals surface area contributed by atoms with Crippen molar-refractivity contribution in [3.05, 3.63) is 35.9 Å². The number of hydrogen-bond acceptors (Lipinski definition) is 15. The highest BCUT2D eigenvalue weighted by molar-refractivity contribution is 7.80. The van der Waals surface area contributed by atoms with Crippen molar-refractivity contribution in [1.29, 1.82) is 0 Å². The van der Waals surface area contributed by atoms with Gasteiger partial charge in [-0.3, -0.25) is 57.5 Å². The van der Waals surface area contributed by atoms with Crippen LogP contribution in [0.1, 0.15) is 111 Å². The third-order valence-electron chi connectivity index (χ3n) is 11.6. The molecule has 1 aromatic rings. The molecule has 430 valence electrons. The van der Waals surface area contributed by atoms with Crippen molar-refractivity contribution in [2.24, 2.45) is 35.0 Å². The highest BCUT2D eigenvalue weighted by atomic mass is 32.1. The Kier molecular flexibility index (Phi) is 30.2. The Balaban J connectivity index is 3.47. The number of thiol groups is 1. The Morgan fingerprint density at radius 3 is 1.25 bits per heavy atom. The normalized spacial score (nSPS) is 14.6. The van der Waals surface area contributed by atoms with Crippen LogP contribution in [0.5, 0.6) is 0 Å². The predicted octanol–water partition coefficient (Wildman–Crippen LogP) is -2.54. The molecule has 0 aliphatic rings. The molecule has 9 atom stereocenters. The van der Waals surface area contributed by atoms with Crippen LogP contribution in [0.15, 0.2) is 30.3 Å². The molecule has 1 rings (SSSR count). The van der Waals surface area contributed by atoms with E-state index in [-0.39, 0.29) is 56.1 Å². The molecule has 0 heterocycles. The maximum absolute atomic E-state index is 14.1. The van der Waals surface area contributed by atoms with Gasteiger partial charge in [0.2, 0.25) is 59.1 Å². The Hall–Kier alpha value is -7.36. The zero-order valence-electron chi connectivity index (χ0n) is 44.1. The minimum Gasteiger partial charge on any atom is -0.481 e. The molecule has 17 N–H and O–H groups in total. The summed E-state index contributed by atoms with van der Waals surface area (Å²) in [5.74, 6) is -15.1. The first-order chi connectivity index (χ1) is 35.9. The summed E-state index contributed by atoms with van der Waals surface area (Å²) in [5.41, 5.74) is 17.0. The Morgan fingerprint density at radius 1 is 0.455 bits per heavy atom. The van der Waals surface area contributed by atoms with E-state index in [0.717, 1.165) is 0 Å². The summed E-state index contributed by atoms with van der Waals surface area (Å²) in [4.78, 5) is 168. The molecular formula is C49H77N11O16S. The fraction of sp³-hybridized carbons (Fsp3) is 0.612. The molecule has 1 aromatic carbocycles. The molecule has 0 fully saturated rings. The van der Waals surface area contributed by atoms with Crippen LogP contribution in [-0.4, -0.2) is 152 Å². The van der Waals surface area contributed by atoms with Crippen LogP contribution in [0.4, 0.5) is 0 Å². The Labute approximate surface area is 451 Å². The van der Waals surface area contributed by atoms with Crippen LogP contribution < -0.4 is 59.7 Å². The zero-order chi connectivity index (χ0) is 58.7. The lowest BCUT2D eigenvalue weighted by Gasteiger charge is -2.29. The first-order valence-electron chi connectivity index (χ1n) is 25.0. The molecule has 0 aliphatic heterocycles. The van der Waals surface area contributed by atoms with Crippen LogP contribution in [0.3, 0.4) is 0 Å². The van der Waals surface area contributed by atoms with Gasteiger partial charge < -0.3 is 75.1 Å². The number of carboxylic acids is 3. The van der Waals surface area contributed by atoms with E-state index >= 15 is 0 Å². The van der Waals surface area contributed by atoms with Crippen molar-refractivity contribution in [3.63, 3.8) is 0 Å². The molecule has 0 saturated heterocycles. The van der Waals surface area contributed by atoms with Crippen molar-refractivity contribution in [2.45, 2.75) is 167 Å². The van der Waals surface area contributed by atoms with Gasteiger partial charge >= 0.3 is 17.9 Å². The fourth-order valence-electron chi connectivity index (χ4n) is 7.40. The molecule has 0 aliphatic carbocycles. The van der Waals surface area contributed by atoms with E-state index in [1.54, 1.807) is 58.0 Å². The number of carbonyl (C=O) groups excluding carboxylic acids is 10.